The zero-order valence-electron chi connectivity index (χ0n) is 7.66. The second-order valence-corrected chi connectivity index (χ2v) is 4.32. The fourth-order valence-corrected chi connectivity index (χ4v) is 2.45. The Balaban J connectivity index is 2.18. The highest BCUT2D eigenvalue weighted by atomic mass is 32.2. The molecule has 0 aromatic carbocycles. The van der Waals surface area contributed by atoms with E-state index >= 15 is 0 Å². The Hall–Kier alpha value is -0.610. The third-order valence-electron chi connectivity index (χ3n) is 2.19. The summed E-state index contributed by atoms with van der Waals surface area (Å²) in [5, 5.41) is 3.47. The Morgan fingerprint density at radius 3 is 3.23 bits per heavy atom. The van der Waals surface area contributed by atoms with Gasteiger partial charge in [-0.3, -0.25) is 0 Å². The minimum atomic E-state index is 0.418. The number of rotatable bonds is 1. The van der Waals surface area contributed by atoms with E-state index in [2.05, 4.69) is 22.2 Å². The van der Waals surface area contributed by atoms with Crippen LogP contribution < -0.4 is 5.32 Å². The molecule has 1 aromatic heterocycles. The van der Waals surface area contributed by atoms with E-state index in [-0.39, 0.29) is 0 Å². The lowest BCUT2D eigenvalue weighted by Crippen LogP contribution is -2.31. The van der Waals surface area contributed by atoms with Crippen LogP contribution in [0.1, 0.15) is 17.3 Å². The van der Waals surface area contributed by atoms with Crippen molar-refractivity contribution in [3.8, 4) is 0 Å². The van der Waals surface area contributed by atoms with Gasteiger partial charge in [-0.1, -0.05) is 0 Å². The van der Waals surface area contributed by atoms with Gasteiger partial charge >= 0.3 is 0 Å². The first-order valence-corrected chi connectivity index (χ1v) is 5.61. The first-order chi connectivity index (χ1) is 6.38. The topological polar surface area (TPSA) is 37.8 Å². The molecule has 2 heterocycles. The van der Waals surface area contributed by atoms with Gasteiger partial charge in [0.25, 0.3) is 0 Å². The fraction of sp³-hybridized carbons (Fsp3) is 0.556. The van der Waals surface area contributed by atoms with Gasteiger partial charge in [-0.15, -0.1) is 0 Å². The monoisotopic (exact) mass is 195 g/mol. The highest BCUT2D eigenvalue weighted by Crippen LogP contribution is 2.21. The molecule has 0 saturated carbocycles. The molecule has 3 nitrogen and oxygen atoms in total. The smallest absolute Gasteiger partial charge is 0.115 e. The number of aromatic nitrogens is 2. The van der Waals surface area contributed by atoms with Gasteiger partial charge in [0.15, 0.2) is 0 Å². The van der Waals surface area contributed by atoms with Gasteiger partial charge in [0.1, 0.15) is 6.33 Å². The largest absolute Gasteiger partial charge is 0.307 e. The van der Waals surface area contributed by atoms with Crippen LogP contribution in [-0.2, 0) is 0 Å². The molecule has 0 spiro atoms. The van der Waals surface area contributed by atoms with Crippen LogP contribution in [0.5, 0.6) is 0 Å². The number of hydrogen-bond acceptors (Lipinski definition) is 4. The van der Waals surface area contributed by atoms with Crippen LogP contribution in [0.3, 0.4) is 0 Å². The van der Waals surface area contributed by atoms with Crippen molar-refractivity contribution in [2.45, 2.75) is 13.0 Å². The highest BCUT2D eigenvalue weighted by molar-refractivity contribution is 7.99. The summed E-state index contributed by atoms with van der Waals surface area (Å²) in [6, 6.07) is 0.418. The Bertz CT molecular complexity index is 284. The van der Waals surface area contributed by atoms with E-state index in [1.165, 1.54) is 11.3 Å². The minimum absolute atomic E-state index is 0.418. The molecule has 0 aliphatic carbocycles. The van der Waals surface area contributed by atoms with Crippen LogP contribution in [0.25, 0.3) is 0 Å². The van der Waals surface area contributed by atoms with Crippen molar-refractivity contribution in [2.24, 2.45) is 0 Å². The summed E-state index contributed by atoms with van der Waals surface area (Å²) in [5.41, 5.74) is 2.34. The average Bonchev–Trinajstić information content (AvgIpc) is 2.20. The molecule has 1 saturated heterocycles. The van der Waals surface area contributed by atoms with E-state index in [4.69, 9.17) is 0 Å². The van der Waals surface area contributed by atoms with E-state index in [1.54, 1.807) is 6.33 Å². The lowest BCUT2D eigenvalue weighted by molar-refractivity contribution is 0.576. The van der Waals surface area contributed by atoms with Gasteiger partial charge in [0.05, 0.1) is 11.7 Å². The summed E-state index contributed by atoms with van der Waals surface area (Å²) < 4.78 is 0. The highest BCUT2D eigenvalue weighted by Gasteiger charge is 2.17. The van der Waals surface area contributed by atoms with Gasteiger partial charge in [-0.2, -0.15) is 11.8 Å². The van der Waals surface area contributed by atoms with Gasteiger partial charge in [-0.05, 0) is 12.5 Å². The summed E-state index contributed by atoms with van der Waals surface area (Å²) in [4.78, 5) is 8.31. The average molecular weight is 195 g/mol. The van der Waals surface area contributed by atoms with Crippen LogP contribution >= 0.6 is 11.8 Å². The van der Waals surface area contributed by atoms with E-state index in [9.17, 15) is 0 Å². The van der Waals surface area contributed by atoms with Crippen LogP contribution in [0.4, 0.5) is 0 Å². The standard InChI is InChI=1S/C9H13N3S/c1-7-4-10-6-12-9(7)8-5-13-3-2-11-8/h4,6,8,11H,2-3,5H2,1H3. The molecule has 4 heteroatoms. The Morgan fingerprint density at radius 1 is 1.62 bits per heavy atom. The van der Waals surface area contributed by atoms with Crippen molar-refractivity contribution in [2.75, 3.05) is 18.1 Å². The van der Waals surface area contributed by atoms with Crippen LogP contribution in [0, 0.1) is 6.92 Å². The predicted molar refractivity (Wildman–Crippen MR) is 54.8 cm³/mol. The van der Waals surface area contributed by atoms with Gasteiger partial charge < -0.3 is 5.32 Å². The predicted octanol–water partition coefficient (Wildman–Crippen LogP) is 1.16. The maximum Gasteiger partial charge on any atom is 0.115 e. The van der Waals surface area contributed by atoms with Crippen molar-refractivity contribution < 1.29 is 0 Å². The molecule has 1 atom stereocenters. The van der Waals surface area contributed by atoms with Crippen molar-refractivity contribution >= 4 is 11.8 Å². The van der Waals surface area contributed by atoms with Gasteiger partial charge in [-0.25, -0.2) is 9.97 Å². The molecule has 1 unspecified atom stereocenters. The summed E-state index contributed by atoms with van der Waals surface area (Å²) >= 11 is 1.98. The molecule has 1 N–H and O–H groups in total. The Kier molecular flexibility index (Phi) is 2.80. The molecule has 2 rings (SSSR count). The maximum atomic E-state index is 4.31. The summed E-state index contributed by atoms with van der Waals surface area (Å²) in [6.45, 7) is 3.15. The molecule has 0 radical (unpaired) electrons. The van der Waals surface area contributed by atoms with Crippen molar-refractivity contribution in [3.05, 3.63) is 23.8 Å². The lowest BCUT2D eigenvalue weighted by Gasteiger charge is -2.23. The third kappa shape index (κ3) is 2.00. The maximum absolute atomic E-state index is 4.31. The molecule has 0 bridgehead atoms. The normalized spacial score (nSPS) is 23.0. The molecule has 1 aliphatic rings. The SMILES string of the molecule is Cc1cncnc1C1CSCCN1. The fourth-order valence-electron chi connectivity index (χ4n) is 1.51. The number of nitrogens with zero attached hydrogens (tertiary/aromatic N) is 2. The van der Waals surface area contributed by atoms with Gasteiger partial charge in [0, 0.05) is 24.2 Å². The zero-order chi connectivity index (χ0) is 9.10. The molecular weight excluding hydrogens is 182 g/mol. The third-order valence-corrected chi connectivity index (χ3v) is 3.25. The van der Waals surface area contributed by atoms with Crippen LogP contribution in [0.15, 0.2) is 12.5 Å². The lowest BCUT2D eigenvalue weighted by atomic mass is 10.1. The second-order valence-electron chi connectivity index (χ2n) is 3.17. The summed E-state index contributed by atoms with van der Waals surface area (Å²) in [5.74, 6) is 2.33. The van der Waals surface area contributed by atoms with Crippen molar-refractivity contribution in [1.29, 1.82) is 0 Å². The molecule has 13 heavy (non-hydrogen) atoms. The molecule has 1 aliphatic heterocycles. The van der Waals surface area contributed by atoms with Crippen LogP contribution in [0.2, 0.25) is 0 Å². The molecule has 1 fully saturated rings. The zero-order valence-corrected chi connectivity index (χ0v) is 8.47. The van der Waals surface area contributed by atoms with Crippen LogP contribution in [-0.4, -0.2) is 28.0 Å². The summed E-state index contributed by atoms with van der Waals surface area (Å²) in [7, 11) is 0. The van der Waals surface area contributed by atoms with E-state index in [0.717, 1.165) is 18.0 Å². The Labute approximate surface area is 82.4 Å². The van der Waals surface area contributed by atoms with Gasteiger partial charge in [0.2, 0.25) is 0 Å². The molecule has 1 aromatic rings. The minimum Gasteiger partial charge on any atom is -0.307 e. The second kappa shape index (κ2) is 4.07. The van der Waals surface area contributed by atoms with E-state index in [0.29, 0.717) is 6.04 Å². The molecule has 0 amide bonds. The Morgan fingerprint density at radius 2 is 2.54 bits per heavy atom. The number of thioether (sulfide) groups is 1. The number of hydrogen-bond donors (Lipinski definition) is 1. The molecular formula is C9H13N3S. The number of aryl methyl sites for hydroxylation is 1. The van der Waals surface area contributed by atoms with Crippen molar-refractivity contribution in [1.82, 2.24) is 15.3 Å². The van der Waals surface area contributed by atoms with Crippen molar-refractivity contribution in [3.63, 3.8) is 0 Å². The van der Waals surface area contributed by atoms with E-state index in [1.807, 2.05) is 18.0 Å². The number of nitrogens with one attached hydrogen (secondary N) is 1. The molecule has 70 valence electrons. The first kappa shape index (κ1) is 8.97. The van der Waals surface area contributed by atoms with E-state index < -0.39 is 0 Å². The quantitative estimate of drug-likeness (QED) is 0.730. The summed E-state index contributed by atoms with van der Waals surface area (Å²) in [6.07, 6.45) is 3.51. The first-order valence-electron chi connectivity index (χ1n) is 4.45.